The molecule has 0 atom stereocenters. The Morgan fingerprint density at radius 1 is 0.262 bits per heavy atom. The maximum absolute atomic E-state index is 6.60. The van der Waals surface area contributed by atoms with Gasteiger partial charge in [0.1, 0.15) is 5.58 Å². The summed E-state index contributed by atoms with van der Waals surface area (Å²) in [6, 6.07) is 100. The molecule has 402 valence electrons. The summed E-state index contributed by atoms with van der Waals surface area (Å²) in [6.07, 6.45) is 0. The number of aromatic nitrogens is 5. The molecule has 0 unspecified atom stereocenters. The van der Waals surface area contributed by atoms with Crippen LogP contribution in [0.1, 0.15) is 7.43 Å². The second kappa shape index (κ2) is 20.7. The molecule has 0 saturated heterocycles. The van der Waals surface area contributed by atoms with Crippen molar-refractivity contribution < 1.29 is 4.42 Å². The van der Waals surface area contributed by atoms with Crippen LogP contribution in [0.5, 0.6) is 0 Å². The number of nitrogens with zero attached hydrogens (tertiary/aromatic N) is 5. The SMILES string of the molecule is Brc1ccc2c(c1)c1cc(-n3c4ccccc4c4ccccc43)ccc1n2-c1ccccc1.C.CI.c1ccc(-n2c3ccc(-n4c5ccccc5c5ccccc54)cc3c3cc(-n4c5ccccc5c5c6ccccc6oc54)ccc32)cc1. The average molecular weight is 1260 g/mol. The largest absolute Gasteiger partial charge is 0.439 e. The van der Waals surface area contributed by atoms with Gasteiger partial charge in [-0.25, -0.2) is 0 Å². The molecule has 0 amide bonds. The van der Waals surface area contributed by atoms with Gasteiger partial charge >= 0.3 is 0 Å². The highest BCUT2D eigenvalue weighted by atomic mass is 127. The van der Waals surface area contributed by atoms with E-state index in [1.165, 1.54) is 98.5 Å². The molecule has 6 heterocycles. The second-order valence-electron chi connectivity index (χ2n) is 21.0. The molecule has 8 heteroatoms. The number of hydrogen-bond acceptors (Lipinski definition) is 1. The number of furan rings is 1. The van der Waals surface area contributed by atoms with E-state index in [4.69, 9.17) is 4.42 Å². The number of rotatable bonds is 5. The lowest BCUT2D eigenvalue weighted by Crippen LogP contribution is -1.96. The topological polar surface area (TPSA) is 37.8 Å². The molecule has 0 fully saturated rings. The van der Waals surface area contributed by atoms with E-state index in [0.717, 1.165) is 54.6 Å². The van der Waals surface area contributed by atoms with Crippen LogP contribution in [0.25, 0.3) is 149 Å². The Bertz CT molecular complexity index is 5460. The van der Waals surface area contributed by atoms with E-state index in [1.807, 2.05) is 11.0 Å². The molecule has 0 radical (unpaired) electrons. The highest BCUT2D eigenvalue weighted by Gasteiger charge is 2.22. The first kappa shape index (κ1) is 51.3. The predicted molar refractivity (Wildman–Crippen MR) is 369 cm³/mol. The van der Waals surface area contributed by atoms with Crippen LogP contribution in [0.4, 0.5) is 0 Å². The lowest BCUT2D eigenvalue weighted by atomic mass is 10.1. The van der Waals surface area contributed by atoms with Gasteiger partial charge in [0.15, 0.2) is 0 Å². The van der Waals surface area contributed by atoms with Gasteiger partial charge in [0.05, 0.1) is 55.0 Å². The summed E-state index contributed by atoms with van der Waals surface area (Å²) in [5.74, 6) is 0. The van der Waals surface area contributed by atoms with E-state index in [1.54, 1.807) is 0 Å². The molecule has 0 spiro atoms. The minimum absolute atomic E-state index is 0. The Labute approximate surface area is 506 Å². The van der Waals surface area contributed by atoms with Crippen LogP contribution >= 0.6 is 38.5 Å². The Morgan fingerprint density at radius 3 is 0.988 bits per heavy atom. The van der Waals surface area contributed by atoms with Crippen molar-refractivity contribution in [1.82, 2.24) is 22.8 Å². The lowest BCUT2D eigenvalue weighted by molar-refractivity contribution is 0.645. The molecular weight excluding hydrogens is 1210 g/mol. The van der Waals surface area contributed by atoms with Gasteiger partial charge in [-0.3, -0.25) is 4.57 Å². The summed E-state index contributed by atoms with van der Waals surface area (Å²) in [7, 11) is 0. The zero-order valence-corrected chi connectivity index (χ0v) is 48.7. The van der Waals surface area contributed by atoms with Crippen LogP contribution in [-0.2, 0) is 0 Å². The number of halogens is 2. The molecule has 0 bridgehead atoms. The van der Waals surface area contributed by atoms with Crippen molar-refractivity contribution in [2.75, 3.05) is 4.93 Å². The summed E-state index contributed by atoms with van der Waals surface area (Å²) >= 11 is 5.84. The summed E-state index contributed by atoms with van der Waals surface area (Å²) in [5.41, 5.74) is 18.2. The van der Waals surface area contributed by atoms with Crippen molar-refractivity contribution in [3.8, 4) is 28.4 Å². The fraction of sp³-hybridized carbons (Fsp3) is 0.0263. The van der Waals surface area contributed by atoms with Crippen LogP contribution in [0.2, 0.25) is 0 Å². The zero-order valence-electron chi connectivity index (χ0n) is 45.0. The van der Waals surface area contributed by atoms with Gasteiger partial charge in [0.25, 0.3) is 0 Å². The first-order valence-corrected chi connectivity index (χ1v) is 30.8. The fourth-order valence-corrected chi connectivity index (χ4v) is 13.6. The number of benzene rings is 12. The molecule has 18 aromatic rings. The minimum Gasteiger partial charge on any atom is -0.439 e. The highest BCUT2D eigenvalue weighted by molar-refractivity contribution is 14.1. The molecule has 0 N–H and O–H groups in total. The van der Waals surface area contributed by atoms with E-state index in [0.29, 0.717) is 0 Å². The van der Waals surface area contributed by atoms with Crippen LogP contribution in [0.15, 0.2) is 288 Å². The first-order valence-electron chi connectivity index (χ1n) is 27.8. The Hall–Kier alpha value is -9.61. The number of para-hydroxylation sites is 8. The predicted octanol–water partition coefficient (Wildman–Crippen LogP) is 22.1. The Kier molecular flexibility index (Phi) is 12.6. The van der Waals surface area contributed by atoms with Crippen LogP contribution in [0, 0.1) is 0 Å². The molecular formula is C76H53BrIN5O. The second-order valence-corrected chi connectivity index (χ2v) is 21.9. The maximum Gasteiger partial charge on any atom is 0.213 e. The molecule has 0 aliphatic carbocycles. The molecule has 6 nitrogen and oxygen atoms in total. The van der Waals surface area contributed by atoms with Crippen molar-refractivity contribution in [2.24, 2.45) is 0 Å². The van der Waals surface area contributed by atoms with E-state index < -0.39 is 0 Å². The van der Waals surface area contributed by atoms with Gasteiger partial charge in [-0.05, 0) is 138 Å². The van der Waals surface area contributed by atoms with E-state index in [-0.39, 0.29) is 7.43 Å². The molecule has 6 aromatic heterocycles. The zero-order chi connectivity index (χ0) is 55.3. The van der Waals surface area contributed by atoms with Gasteiger partial charge in [0, 0.05) is 86.8 Å². The Morgan fingerprint density at radius 2 is 0.560 bits per heavy atom. The van der Waals surface area contributed by atoms with Crippen LogP contribution in [-0.4, -0.2) is 27.8 Å². The van der Waals surface area contributed by atoms with Crippen molar-refractivity contribution in [3.05, 3.63) is 284 Å². The number of fused-ring (bicyclic) bond motifs is 17. The van der Waals surface area contributed by atoms with Crippen LogP contribution < -0.4 is 0 Å². The number of hydrogen-bond donors (Lipinski definition) is 0. The van der Waals surface area contributed by atoms with E-state index >= 15 is 0 Å². The fourth-order valence-electron chi connectivity index (χ4n) is 13.2. The normalized spacial score (nSPS) is 11.7. The van der Waals surface area contributed by atoms with Crippen molar-refractivity contribution in [3.63, 3.8) is 0 Å². The highest BCUT2D eigenvalue weighted by Crippen LogP contribution is 2.43. The monoisotopic (exact) mass is 1260 g/mol. The van der Waals surface area contributed by atoms with Crippen molar-refractivity contribution in [2.45, 2.75) is 7.43 Å². The maximum atomic E-state index is 6.60. The van der Waals surface area contributed by atoms with Gasteiger partial charge in [0.2, 0.25) is 5.71 Å². The van der Waals surface area contributed by atoms with Gasteiger partial charge < -0.3 is 22.7 Å². The standard InChI is InChI=1S/C44H27N3O.C30H19BrN2.CH3I.CH4/c1-2-12-28(13-3-1)45-40-24-22-29(46-37-18-8-4-14-31(37)32-15-5-9-19-38(32)46)26-35(40)36-27-30(23-25-41(36)45)47-39-20-10-6-16-33(39)43-34-17-7-11-21-42(34)48-44(43)47;31-20-14-16-29-25(18-20)26-19-22(15-17-30(26)32(29)21-8-2-1-3-9-21)33-27-12-6-4-10-23(27)24-11-5-7-13-28(24)33;1-2;/h1-27H;1-19H;1H3;1H4. The van der Waals surface area contributed by atoms with E-state index in [9.17, 15) is 0 Å². The van der Waals surface area contributed by atoms with Crippen LogP contribution in [0.3, 0.4) is 0 Å². The average Bonchev–Trinajstić information content (AvgIpc) is 2.46. The van der Waals surface area contributed by atoms with Crippen molar-refractivity contribution in [1.29, 1.82) is 0 Å². The summed E-state index contributed by atoms with van der Waals surface area (Å²) in [6.45, 7) is 0. The Balaban J connectivity index is 0.000000146. The third kappa shape index (κ3) is 7.88. The summed E-state index contributed by atoms with van der Waals surface area (Å²) < 4.78 is 19.5. The smallest absolute Gasteiger partial charge is 0.213 e. The molecule has 0 saturated carbocycles. The molecule has 0 aliphatic heterocycles. The third-order valence-electron chi connectivity index (χ3n) is 16.6. The summed E-state index contributed by atoms with van der Waals surface area (Å²) in [5, 5.41) is 13.4. The summed E-state index contributed by atoms with van der Waals surface area (Å²) in [4.78, 5) is 1.97. The van der Waals surface area contributed by atoms with E-state index in [2.05, 4.69) is 334 Å². The van der Waals surface area contributed by atoms with Crippen molar-refractivity contribution >= 4 is 159 Å². The number of alkyl halides is 1. The molecule has 84 heavy (non-hydrogen) atoms. The van der Waals surface area contributed by atoms with Gasteiger partial charge in [-0.2, -0.15) is 0 Å². The minimum atomic E-state index is 0. The quantitative estimate of drug-likeness (QED) is 0.125. The van der Waals surface area contributed by atoms with Gasteiger partial charge in [-0.1, -0.05) is 192 Å². The first-order chi connectivity index (χ1) is 41.1. The van der Waals surface area contributed by atoms with Gasteiger partial charge in [-0.15, -0.1) is 0 Å². The third-order valence-corrected chi connectivity index (χ3v) is 17.1. The molecule has 12 aromatic carbocycles. The lowest BCUT2D eigenvalue weighted by Gasteiger charge is -2.10. The molecule has 0 aliphatic rings. The molecule has 18 rings (SSSR count).